The fourth-order valence-corrected chi connectivity index (χ4v) is 6.83. The molecular weight excluding hydrogens is 718 g/mol. The van der Waals surface area contributed by atoms with Gasteiger partial charge < -0.3 is 39.4 Å². The highest BCUT2D eigenvalue weighted by molar-refractivity contribution is 6.30. The van der Waals surface area contributed by atoms with Gasteiger partial charge in [0.25, 0.3) is 17.7 Å². The number of hydrogen-bond donors (Lipinski definition) is 4. The molecule has 0 radical (unpaired) electrons. The van der Waals surface area contributed by atoms with Crippen LogP contribution < -0.4 is 21.3 Å². The van der Waals surface area contributed by atoms with Gasteiger partial charge >= 0.3 is 0 Å². The third-order valence-corrected chi connectivity index (χ3v) is 9.52. The number of carbonyl (C=O) groups excluding carboxylic acids is 5. The van der Waals surface area contributed by atoms with Gasteiger partial charge in [-0.25, -0.2) is 15.0 Å². The average molecular weight is 756 g/mol. The summed E-state index contributed by atoms with van der Waals surface area (Å²) in [5.41, 5.74) is 1.30. The number of oxazole rings is 2. The summed E-state index contributed by atoms with van der Waals surface area (Å²) in [5.74, 6) is -2.66. The molecule has 17 heteroatoms. The predicted molar refractivity (Wildman–Crippen MR) is 192 cm³/mol. The van der Waals surface area contributed by atoms with Gasteiger partial charge in [-0.1, -0.05) is 55.8 Å². The van der Waals surface area contributed by atoms with Gasteiger partial charge in [0.05, 0.1) is 5.02 Å². The number of halogens is 1. The van der Waals surface area contributed by atoms with Crippen LogP contribution in [0, 0.1) is 5.92 Å². The molecule has 4 aromatic heterocycles. The van der Waals surface area contributed by atoms with Crippen LogP contribution in [0.4, 0.5) is 0 Å². The molecule has 0 unspecified atom stereocenters. The first-order chi connectivity index (χ1) is 25.9. The first-order valence-corrected chi connectivity index (χ1v) is 17.9. The van der Waals surface area contributed by atoms with Crippen LogP contribution in [0.3, 0.4) is 0 Å². The Hall–Kier alpha value is -6.03. The Morgan fingerprint density at radius 3 is 2.43 bits per heavy atom. The van der Waals surface area contributed by atoms with Gasteiger partial charge in [0.1, 0.15) is 48.0 Å². The third kappa shape index (κ3) is 7.83. The van der Waals surface area contributed by atoms with Crippen molar-refractivity contribution in [2.45, 2.75) is 70.2 Å². The fourth-order valence-electron chi connectivity index (χ4n) is 6.66. The number of amides is 5. The monoisotopic (exact) mass is 755 g/mol. The van der Waals surface area contributed by atoms with Crippen molar-refractivity contribution < 1.29 is 32.8 Å². The number of aromatic nitrogens is 4. The van der Waals surface area contributed by atoms with E-state index in [0.717, 1.165) is 11.8 Å². The molecule has 7 rings (SSSR count). The number of carbonyl (C=O) groups is 5. The number of nitrogens with zero attached hydrogens (tertiary/aromatic N) is 5. The maximum Gasteiger partial charge on any atom is 0.276 e. The molecule has 280 valence electrons. The summed E-state index contributed by atoms with van der Waals surface area (Å²) in [6.45, 7) is 5.43. The molecule has 4 N–H and O–H groups in total. The van der Waals surface area contributed by atoms with E-state index in [2.05, 4.69) is 36.2 Å². The summed E-state index contributed by atoms with van der Waals surface area (Å²) >= 11 is 6.11. The van der Waals surface area contributed by atoms with Crippen LogP contribution in [0.2, 0.25) is 5.02 Å². The minimum Gasteiger partial charge on any atom is -0.446 e. The van der Waals surface area contributed by atoms with E-state index in [0.29, 0.717) is 17.1 Å². The number of pyridine rings is 1. The van der Waals surface area contributed by atoms with Crippen LogP contribution in [0.1, 0.15) is 94.5 Å². The lowest BCUT2D eigenvalue weighted by Gasteiger charge is -2.25. The maximum absolute atomic E-state index is 14.3. The minimum absolute atomic E-state index is 0.0408. The third-order valence-electron chi connectivity index (χ3n) is 9.30. The summed E-state index contributed by atoms with van der Waals surface area (Å²) < 4.78 is 13.1. The van der Waals surface area contributed by atoms with E-state index in [1.54, 1.807) is 29.7 Å². The van der Waals surface area contributed by atoms with Gasteiger partial charge in [-0.2, -0.15) is 0 Å². The van der Waals surface area contributed by atoms with E-state index in [9.17, 15) is 24.0 Å². The summed E-state index contributed by atoms with van der Waals surface area (Å²) in [5, 5.41) is 11.9. The number of hydrogen-bond acceptors (Lipinski definition) is 10. The van der Waals surface area contributed by atoms with E-state index in [-0.39, 0.29) is 54.2 Å². The van der Waals surface area contributed by atoms with Crippen molar-refractivity contribution in [2.24, 2.45) is 5.92 Å². The largest absolute Gasteiger partial charge is 0.446 e. The van der Waals surface area contributed by atoms with Crippen molar-refractivity contribution in [2.75, 3.05) is 6.54 Å². The molecule has 54 heavy (non-hydrogen) atoms. The van der Waals surface area contributed by atoms with Gasteiger partial charge in [-0.05, 0) is 43.4 Å². The fraction of sp³-hybridized carbons (Fsp3) is 0.351. The van der Waals surface area contributed by atoms with Crippen LogP contribution in [0.15, 0.2) is 76.2 Å². The van der Waals surface area contributed by atoms with Crippen molar-refractivity contribution in [3.05, 3.63) is 107 Å². The van der Waals surface area contributed by atoms with Gasteiger partial charge in [0.2, 0.25) is 23.6 Å². The number of imidazole rings is 1. The van der Waals surface area contributed by atoms with Crippen molar-refractivity contribution in [1.82, 2.24) is 45.5 Å². The lowest BCUT2D eigenvalue weighted by atomic mass is 10.0. The smallest absolute Gasteiger partial charge is 0.276 e. The molecule has 4 bridgehead atoms. The topological polar surface area (TPSA) is 206 Å². The Bertz CT molecular complexity index is 2210. The molecule has 0 aliphatic carbocycles. The zero-order valence-electron chi connectivity index (χ0n) is 29.6. The highest BCUT2D eigenvalue weighted by Crippen LogP contribution is 2.26. The van der Waals surface area contributed by atoms with E-state index in [4.69, 9.17) is 20.4 Å². The van der Waals surface area contributed by atoms with Crippen LogP contribution >= 0.6 is 11.6 Å². The SMILES string of the molecule is CC(C)C[C@H]1NC(=O)c2coc(n2)[C@H](Cc2ccccc2)NC(=O)[C@@H]2C[C@H](NC(=O)c3cn4cc(Cl)ccc4n3)CN2C(=O)c2coc(n2)[C@@H](C)NC1=O. The van der Waals surface area contributed by atoms with E-state index >= 15 is 0 Å². The zero-order chi connectivity index (χ0) is 38.1. The molecule has 5 amide bonds. The highest BCUT2D eigenvalue weighted by atomic mass is 35.5. The molecule has 0 saturated carbocycles. The molecule has 5 atom stereocenters. The van der Waals surface area contributed by atoms with Crippen molar-refractivity contribution in [1.29, 1.82) is 0 Å². The molecule has 16 nitrogen and oxygen atoms in total. The molecule has 2 aliphatic heterocycles. The quantitative estimate of drug-likeness (QED) is 0.199. The van der Waals surface area contributed by atoms with Crippen molar-refractivity contribution in [3.63, 3.8) is 0 Å². The Labute approximate surface area is 314 Å². The van der Waals surface area contributed by atoms with Crippen molar-refractivity contribution >= 4 is 46.8 Å². The Morgan fingerprint density at radius 2 is 1.65 bits per heavy atom. The Kier molecular flexibility index (Phi) is 10.2. The molecule has 1 aromatic carbocycles. The molecule has 5 aromatic rings. The molecule has 2 aliphatic rings. The van der Waals surface area contributed by atoms with Crippen LogP contribution in [-0.4, -0.2) is 78.5 Å². The number of nitrogens with one attached hydrogen (secondary N) is 4. The van der Waals surface area contributed by atoms with Gasteiger partial charge in [0, 0.05) is 31.4 Å². The number of benzene rings is 1. The van der Waals surface area contributed by atoms with E-state index in [1.165, 1.54) is 17.4 Å². The number of rotatable bonds is 6. The first-order valence-electron chi connectivity index (χ1n) is 17.5. The average Bonchev–Trinajstić information content (AvgIpc) is 3.96. The molecule has 1 fully saturated rings. The second kappa shape index (κ2) is 15.1. The summed E-state index contributed by atoms with van der Waals surface area (Å²) in [7, 11) is 0. The molecule has 1 saturated heterocycles. The Balaban J connectivity index is 1.22. The first kappa shape index (κ1) is 36.3. The van der Waals surface area contributed by atoms with E-state index < -0.39 is 59.7 Å². The normalized spacial score (nSPS) is 22.3. The predicted octanol–water partition coefficient (Wildman–Crippen LogP) is 3.41. The summed E-state index contributed by atoms with van der Waals surface area (Å²) in [6.07, 6.45) is 6.10. The lowest BCUT2D eigenvalue weighted by molar-refractivity contribution is -0.126. The molecule has 6 heterocycles. The standard InChI is InChI=1S/C37H38ClN9O7/c1-19(2)11-24-31(48)39-20(3)35-45-28(18-53-35)37(52)47-15-23(40-32(49)26-16-46-14-22(38)9-10-30(46)41-26)13-29(47)34(51)43-25(12-21-7-5-4-6-8-21)36-44-27(17-54-36)33(50)42-24/h4-10,14,16-20,23-25,29H,11-13,15H2,1-3H3,(H,39,48)(H,40,49)(H,42,50)(H,43,51)/t20-,23+,24-,25+,29+/m1/s1. The summed E-state index contributed by atoms with van der Waals surface area (Å²) in [4.78, 5) is 83.2. The van der Waals surface area contributed by atoms with Gasteiger partial charge in [-0.3, -0.25) is 24.0 Å². The van der Waals surface area contributed by atoms with Crippen molar-refractivity contribution in [3.8, 4) is 0 Å². The minimum atomic E-state index is -1.08. The highest BCUT2D eigenvalue weighted by Gasteiger charge is 2.43. The second-order valence-corrected chi connectivity index (χ2v) is 14.3. The molecular formula is C37H38ClN9O7. The Morgan fingerprint density at radius 1 is 0.907 bits per heavy atom. The zero-order valence-corrected chi connectivity index (χ0v) is 30.4. The van der Waals surface area contributed by atoms with Crippen LogP contribution in [0.5, 0.6) is 0 Å². The van der Waals surface area contributed by atoms with Gasteiger partial charge in [0.15, 0.2) is 11.4 Å². The van der Waals surface area contributed by atoms with E-state index in [1.807, 2.05) is 44.2 Å². The maximum atomic E-state index is 14.3. The molecule has 0 spiro atoms. The van der Waals surface area contributed by atoms with Crippen LogP contribution in [-0.2, 0) is 16.0 Å². The van der Waals surface area contributed by atoms with Crippen LogP contribution in [0.25, 0.3) is 5.65 Å². The second-order valence-electron chi connectivity index (χ2n) is 13.9. The van der Waals surface area contributed by atoms with Gasteiger partial charge in [-0.15, -0.1) is 0 Å². The lowest BCUT2D eigenvalue weighted by Crippen LogP contribution is -2.48. The number of fused-ring (bicyclic) bond motifs is 6. The summed E-state index contributed by atoms with van der Waals surface area (Å²) in [6, 6.07) is 8.31.